The van der Waals surface area contributed by atoms with E-state index in [1.807, 2.05) is 0 Å². The Morgan fingerprint density at radius 1 is 1.19 bits per heavy atom. The summed E-state index contributed by atoms with van der Waals surface area (Å²) < 4.78 is 0. The maximum absolute atomic E-state index is 11.4. The Kier molecular flexibility index (Phi) is 4.03. The Morgan fingerprint density at radius 3 is 2.38 bits per heavy atom. The number of carboxylic acid groups (broad SMARTS) is 1. The molecular formula is C12H9O4-. The quantitative estimate of drug-likeness (QED) is 0.346. The molecule has 1 N–H and O–H groups in total. The van der Waals surface area contributed by atoms with Gasteiger partial charge in [-0.15, -0.1) is 5.76 Å². The Hall–Kier alpha value is -2.36. The van der Waals surface area contributed by atoms with Gasteiger partial charge in [-0.05, 0) is 11.6 Å². The molecule has 4 heteroatoms. The maximum Gasteiger partial charge on any atom is 0.376 e. The lowest BCUT2D eigenvalue weighted by Crippen LogP contribution is -2.08. The first-order valence-corrected chi connectivity index (χ1v) is 4.49. The van der Waals surface area contributed by atoms with Gasteiger partial charge in [0.25, 0.3) is 5.78 Å². The zero-order valence-corrected chi connectivity index (χ0v) is 8.29. The monoisotopic (exact) mass is 217 g/mol. The SMILES string of the molecule is O=C(O)C(=O)/C=C/C=C(/[O-])c1ccccc1. The summed E-state index contributed by atoms with van der Waals surface area (Å²) in [5, 5.41) is 19.7. The van der Waals surface area contributed by atoms with Crippen molar-refractivity contribution in [2.75, 3.05) is 0 Å². The van der Waals surface area contributed by atoms with Crippen LogP contribution < -0.4 is 5.11 Å². The fourth-order valence-corrected chi connectivity index (χ4v) is 0.993. The molecule has 16 heavy (non-hydrogen) atoms. The second-order valence-corrected chi connectivity index (χ2v) is 2.93. The predicted octanol–water partition coefficient (Wildman–Crippen LogP) is 0.598. The summed E-state index contributed by atoms with van der Waals surface area (Å²) in [6, 6.07) is 8.47. The van der Waals surface area contributed by atoms with Crippen LogP contribution >= 0.6 is 0 Å². The molecule has 1 rings (SSSR count). The normalized spacial score (nSPS) is 11.6. The highest BCUT2D eigenvalue weighted by Crippen LogP contribution is 2.06. The number of benzene rings is 1. The van der Waals surface area contributed by atoms with E-state index in [1.54, 1.807) is 30.3 Å². The summed E-state index contributed by atoms with van der Waals surface area (Å²) in [7, 11) is 0. The fraction of sp³-hybridized carbons (Fsp3) is 0. The number of allylic oxidation sites excluding steroid dienone is 2. The third kappa shape index (κ3) is 3.42. The van der Waals surface area contributed by atoms with E-state index in [0.717, 1.165) is 18.2 Å². The highest BCUT2D eigenvalue weighted by Gasteiger charge is 2.04. The van der Waals surface area contributed by atoms with E-state index in [4.69, 9.17) is 5.11 Å². The van der Waals surface area contributed by atoms with Crippen molar-refractivity contribution in [3.05, 3.63) is 54.1 Å². The van der Waals surface area contributed by atoms with Gasteiger partial charge in [-0.25, -0.2) is 4.79 Å². The standard InChI is InChI=1S/C12H10O4/c13-10(9-5-2-1-3-6-9)7-4-8-11(14)12(15)16/h1-8,13H,(H,15,16)/p-1/b8-4+,10-7+. The molecule has 0 aliphatic heterocycles. The Morgan fingerprint density at radius 2 is 1.81 bits per heavy atom. The van der Waals surface area contributed by atoms with Crippen LogP contribution in [0.1, 0.15) is 5.56 Å². The number of carbonyl (C=O) groups excluding carboxylic acids is 1. The first kappa shape index (κ1) is 11.7. The van der Waals surface area contributed by atoms with Crippen molar-refractivity contribution >= 4 is 17.5 Å². The van der Waals surface area contributed by atoms with E-state index in [0.29, 0.717) is 5.56 Å². The first-order valence-electron chi connectivity index (χ1n) is 4.49. The first-order chi connectivity index (χ1) is 7.61. The third-order valence-electron chi connectivity index (χ3n) is 1.76. The number of carbonyl (C=O) groups is 2. The van der Waals surface area contributed by atoms with Crippen molar-refractivity contribution in [2.45, 2.75) is 0 Å². The van der Waals surface area contributed by atoms with Crippen molar-refractivity contribution in [2.24, 2.45) is 0 Å². The van der Waals surface area contributed by atoms with Gasteiger partial charge in [-0.1, -0.05) is 42.5 Å². The summed E-state index contributed by atoms with van der Waals surface area (Å²) in [5.74, 6) is -2.89. The van der Waals surface area contributed by atoms with Gasteiger partial charge in [-0.3, -0.25) is 4.79 Å². The van der Waals surface area contributed by atoms with E-state index in [-0.39, 0.29) is 5.76 Å². The Labute approximate surface area is 92.2 Å². The van der Waals surface area contributed by atoms with Gasteiger partial charge in [0.2, 0.25) is 0 Å². The number of rotatable bonds is 4. The average Bonchev–Trinajstić information content (AvgIpc) is 2.29. The van der Waals surface area contributed by atoms with Crippen LogP contribution in [0.5, 0.6) is 0 Å². The number of ketones is 1. The minimum atomic E-state index is -1.54. The molecular weight excluding hydrogens is 208 g/mol. The highest BCUT2D eigenvalue weighted by molar-refractivity contribution is 6.37. The molecule has 0 aromatic heterocycles. The predicted molar refractivity (Wildman–Crippen MR) is 56.2 cm³/mol. The summed E-state index contributed by atoms with van der Waals surface area (Å²) in [6.45, 7) is 0. The van der Waals surface area contributed by atoms with Gasteiger partial charge in [0.15, 0.2) is 0 Å². The largest absolute Gasteiger partial charge is 0.872 e. The molecule has 0 bridgehead atoms. The number of hydrogen-bond donors (Lipinski definition) is 1. The molecule has 0 heterocycles. The third-order valence-corrected chi connectivity index (χ3v) is 1.76. The molecule has 0 spiro atoms. The molecule has 82 valence electrons. The summed E-state index contributed by atoms with van der Waals surface area (Å²) in [4.78, 5) is 20.8. The van der Waals surface area contributed by atoms with Crippen molar-refractivity contribution in [1.29, 1.82) is 0 Å². The van der Waals surface area contributed by atoms with Crippen molar-refractivity contribution in [1.82, 2.24) is 0 Å². The second-order valence-electron chi connectivity index (χ2n) is 2.93. The van der Waals surface area contributed by atoms with Crippen molar-refractivity contribution in [3.8, 4) is 0 Å². The van der Waals surface area contributed by atoms with Gasteiger partial charge in [0, 0.05) is 0 Å². The molecule has 0 atom stereocenters. The fourth-order valence-electron chi connectivity index (χ4n) is 0.993. The molecule has 0 aliphatic rings. The topological polar surface area (TPSA) is 77.4 Å². The van der Waals surface area contributed by atoms with Crippen LogP contribution in [0.15, 0.2) is 48.6 Å². The van der Waals surface area contributed by atoms with Crippen LogP contribution in [0.3, 0.4) is 0 Å². The second kappa shape index (κ2) is 5.50. The zero-order valence-electron chi connectivity index (χ0n) is 8.29. The van der Waals surface area contributed by atoms with E-state index < -0.39 is 11.8 Å². The highest BCUT2D eigenvalue weighted by atomic mass is 16.4. The van der Waals surface area contributed by atoms with E-state index in [2.05, 4.69) is 0 Å². The minimum absolute atomic E-state index is 0.282. The van der Waals surface area contributed by atoms with E-state index >= 15 is 0 Å². The summed E-state index contributed by atoms with van der Waals surface area (Å²) in [5.41, 5.74) is 0.481. The molecule has 0 fully saturated rings. The molecule has 1 aromatic carbocycles. The summed E-state index contributed by atoms with van der Waals surface area (Å²) >= 11 is 0. The van der Waals surface area contributed by atoms with Crippen LogP contribution in [0, 0.1) is 0 Å². The summed E-state index contributed by atoms with van der Waals surface area (Å²) in [6.07, 6.45) is 3.12. The number of carboxylic acids is 1. The average molecular weight is 217 g/mol. The van der Waals surface area contributed by atoms with Gasteiger partial charge in [0.05, 0.1) is 0 Å². The lowest BCUT2D eigenvalue weighted by molar-refractivity contribution is -0.243. The molecule has 0 saturated heterocycles. The molecule has 0 saturated carbocycles. The molecule has 0 aliphatic carbocycles. The number of aliphatic carboxylic acids is 1. The van der Waals surface area contributed by atoms with Crippen molar-refractivity contribution < 1.29 is 19.8 Å². The van der Waals surface area contributed by atoms with E-state index in [1.165, 1.54) is 0 Å². The van der Waals surface area contributed by atoms with Crippen LogP contribution in [-0.4, -0.2) is 16.9 Å². The van der Waals surface area contributed by atoms with Gasteiger partial charge in [0.1, 0.15) is 0 Å². The lowest BCUT2D eigenvalue weighted by atomic mass is 10.2. The zero-order chi connectivity index (χ0) is 12.0. The molecule has 0 unspecified atom stereocenters. The van der Waals surface area contributed by atoms with Crippen LogP contribution in [0.4, 0.5) is 0 Å². The molecule has 0 radical (unpaired) electrons. The molecule has 1 aromatic rings. The van der Waals surface area contributed by atoms with Gasteiger partial charge in [-0.2, -0.15) is 0 Å². The Bertz CT molecular complexity index is 443. The van der Waals surface area contributed by atoms with Gasteiger partial charge < -0.3 is 10.2 Å². The van der Waals surface area contributed by atoms with E-state index in [9.17, 15) is 14.7 Å². The van der Waals surface area contributed by atoms with Crippen molar-refractivity contribution in [3.63, 3.8) is 0 Å². The van der Waals surface area contributed by atoms with Gasteiger partial charge >= 0.3 is 5.97 Å². The smallest absolute Gasteiger partial charge is 0.376 e. The Balaban J connectivity index is 2.72. The molecule has 4 nitrogen and oxygen atoms in total. The van der Waals surface area contributed by atoms with Crippen LogP contribution in [-0.2, 0) is 9.59 Å². The van der Waals surface area contributed by atoms with Crippen LogP contribution in [0.25, 0.3) is 5.76 Å². The number of hydrogen-bond acceptors (Lipinski definition) is 3. The van der Waals surface area contributed by atoms with Crippen LogP contribution in [0.2, 0.25) is 0 Å². The molecule has 0 amide bonds. The lowest BCUT2D eigenvalue weighted by Gasteiger charge is -2.10. The maximum atomic E-state index is 11.4. The minimum Gasteiger partial charge on any atom is -0.872 e.